The minimum absolute atomic E-state index is 0.0403. The zero-order valence-corrected chi connectivity index (χ0v) is 15.2. The van der Waals surface area contributed by atoms with Crippen molar-refractivity contribution in [2.75, 3.05) is 19.0 Å². The quantitative estimate of drug-likeness (QED) is 0.781. The highest BCUT2D eigenvalue weighted by Gasteiger charge is 2.32. The van der Waals surface area contributed by atoms with E-state index in [2.05, 4.69) is 51.4 Å². The van der Waals surface area contributed by atoms with E-state index >= 15 is 0 Å². The van der Waals surface area contributed by atoms with E-state index in [0.29, 0.717) is 6.42 Å². The molecule has 1 unspecified atom stereocenters. The number of H-pyrrole nitrogens is 1. The summed E-state index contributed by atoms with van der Waals surface area (Å²) in [6, 6.07) is 16.4. The fourth-order valence-corrected chi connectivity index (χ4v) is 3.53. The summed E-state index contributed by atoms with van der Waals surface area (Å²) in [5, 5.41) is 7.42. The van der Waals surface area contributed by atoms with Crippen LogP contribution in [0, 0.1) is 0 Å². The van der Waals surface area contributed by atoms with Crippen molar-refractivity contribution < 1.29 is 4.79 Å². The van der Waals surface area contributed by atoms with Gasteiger partial charge in [-0.2, -0.15) is 5.10 Å². The van der Waals surface area contributed by atoms with E-state index in [4.69, 9.17) is 0 Å². The van der Waals surface area contributed by atoms with E-state index < -0.39 is 0 Å². The number of hydrazone groups is 1. The highest BCUT2D eigenvalue weighted by Crippen LogP contribution is 2.35. The second-order valence-corrected chi connectivity index (χ2v) is 6.86. The number of nitrogens with zero attached hydrogens (tertiary/aromatic N) is 3. The van der Waals surface area contributed by atoms with Crippen LogP contribution in [-0.2, 0) is 4.79 Å². The summed E-state index contributed by atoms with van der Waals surface area (Å²) in [6.45, 7) is 1.57. The Hall–Kier alpha value is -3.08. The van der Waals surface area contributed by atoms with Crippen molar-refractivity contribution in [2.45, 2.75) is 19.4 Å². The molecule has 4 rings (SSSR count). The Morgan fingerprint density at radius 1 is 1.15 bits per heavy atom. The predicted octanol–water partition coefficient (Wildman–Crippen LogP) is 3.93. The Labute approximate surface area is 152 Å². The highest BCUT2D eigenvalue weighted by molar-refractivity contribution is 6.12. The van der Waals surface area contributed by atoms with Crippen molar-refractivity contribution in [1.29, 1.82) is 0 Å². The van der Waals surface area contributed by atoms with Gasteiger partial charge in [0.2, 0.25) is 5.91 Å². The summed E-state index contributed by atoms with van der Waals surface area (Å²) in [6.07, 6.45) is 2.70. The summed E-state index contributed by atoms with van der Waals surface area (Å²) in [5.41, 5.74) is 5.33. The van der Waals surface area contributed by atoms with Gasteiger partial charge >= 0.3 is 0 Å². The lowest BCUT2D eigenvalue weighted by molar-refractivity contribution is -0.130. The topological polar surface area (TPSA) is 51.7 Å². The fourth-order valence-electron chi connectivity index (χ4n) is 3.53. The maximum atomic E-state index is 12.2. The van der Waals surface area contributed by atoms with Crippen LogP contribution in [0.3, 0.4) is 0 Å². The number of para-hydroxylation sites is 1. The van der Waals surface area contributed by atoms with Crippen LogP contribution in [0.25, 0.3) is 10.9 Å². The van der Waals surface area contributed by atoms with E-state index in [0.717, 1.165) is 33.4 Å². The number of hydrogen-bond donors (Lipinski definition) is 1. The summed E-state index contributed by atoms with van der Waals surface area (Å²) in [4.78, 5) is 17.5. The Bertz CT molecular complexity index is 985. The molecule has 2 aromatic carbocycles. The second-order valence-electron chi connectivity index (χ2n) is 6.86. The smallest absolute Gasteiger partial charge is 0.240 e. The van der Waals surface area contributed by atoms with Crippen LogP contribution in [0.15, 0.2) is 59.8 Å². The lowest BCUT2D eigenvalue weighted by Crippen LogP contribution is -2.24. The van der Waals surface area contributed by atoms with E-state index in [1.165, 1.54) is 0 Å². The zero-order valence-electron chi connectivity index (χ0n) is 15.2. The maximum absolute atomic E-state index is 12.2. The van der Waals surface area contributed by atoms with Gasteiger partial charge < -0.3 is 9.88 Å². The molecule has 3 aromatic rings. The standard InChI is InChI=1S/C21H22N4O/c1-14(26)25-21(15-8-10-16(11-9-15)24(2)3)12-20(23-25)18-13-22-19-7-5-4-6-17(18)19/h4-11,13,21-22H,12H2,1-3H3. The number of carbonyl (C=O) groups excluding carboxylic acids is 1. The number of amides is 1. The molecule has 1 amide bonds. The molecule has 0 spiro atoms. The largest absolute Gasteiger partial charge is 0.378 e. The van der Waals surface area contributed by atoms with Gasteiger partial charge in [0.05, 0.1) is 11.8 Å². The number of aromatic nitrogens is 1. The number of benzene rings is 2. The van der Waals surface area contributed by atoms with Crippen molar-refractivity contribution in [1.82, 2.24) is 9.99 Å². The van der Waals surface area contributed by atoms with Gasteiger partial charge in [0.25, 0.3) is 0 Å². The molecule has 1 atom stereocenters. The molecule has 132 valence electrons. The van der Waals surface area contributed by atoms with Crippen LogP contribution in [0.2, 0.25) is 0 Å². The molecule has 0 radical (unpaired) electrons. The van der Waals surface area contributed by atoms with E-state index in [9.17, 15) is 4.79 Å². The highest BCUT2D eigenvalue weighted by atomic mass is 16.2. The van der Waals surface area contributed by atoms with E-state index in [1.54, 1.807) is 11.9 Å². The molecule has 1 aliphatic heterocycles. The molecule has 5 heteroatoms. The Morgan fingerprint density at radius 2 is 1.88 bits per heavy atom. The molecule has 2 heterocycles. The van der Waals surface area contributed by atoms with Gasteiger partial charge in [-0.05, 0) is 23.8 Å². The average molecular weight is 346 g/mol. The minimum atomic E-state index is -0.0626. The van der Waals surface area contributed by atoms with Crippen molar-refractivity contribution >= 4 is 28.2 Å². The minimum Gasteiger partial charge on any atom is -0.378 e. The first-order valence-electron chi connectivity index (χ1n) is 8.75. The van der Waals surface area contributed by atoms with Crippen LogP contribution in [0.5, 0.6) is 0 Å². The third kappa shape index (κ3) is 2.75. The molecule has 0 bridgehead atoms. The molecule has 0 aliphatic carbocycles. The molecule has 0 saturated carbocycles. The number of rotatable bonds is 3. The number of nitrogens with one attached hydrogen (secondary N) is 1. The van der Waals surface area contributed by atoms with Gasteiger partial charge in [-0.1, -0.05) is 30.3 Å². The molecule has 1 aliphatic rings. The Balaban J connectivity index is 1.69. The van der Waals surface area contributed by atoms with Crippen molar-refractivity contribution in [3.8, 4) is 0 Å². The lowest BCUT2D eigenvalue weighted by atomic mass is 9.98. The third-order valence-corrected chi connectivity index (χ3v) is 4.93. The van der Waals surface area contributed by atoms with Crippen LogP contribution in [0.4, 0.5) is 5.69 Å². The molecule has 0 fully saturated rings. The number of anilines is 1. The SMILES string of the molecule is CC(=O)N1N=C(c2c[nH]c3ccccc23)CC1c1ccc(N(C)C)cc1. The van der Waals surface area contributed by atoms with Crippen molar-refractivity contribution in [3.05, 3.63) is 65.9 Å². The van der Waals surface area contributed by atoms with E-state index in [-0.39, 0.29) is 11.9 Å². The summed E-state index contributed by atoms with van der Waals surface area (Å²) in [7, 11) is 4.04. The fraction of sp³-hybridized carbons (Fsp3) is 0.238. The van der Waals surface area contributed by atoms with Crippen LogP contribution >= 0.6 is 0 Å². The van der Waals surface area contributed by atoms with Crippen LogP contribution in [-0.4, -0.2) is 35.7 Å². The first kappa shape index (κ1) is 16.4. The van der Waals surface area contributed by atoms with Gasteiger partial charge in [-0.15, -0.1) is 0 Å². The molecule has 1 aromatic heterocycles. The van der Waals surface area contributed by atoms with Crippen molar-refractivity contribution in [3.63, 3.8) is 0 Å². The summed E-state index contributed by atoms with van der Waals surface area (Å²) in [5.74, 6) is -0.0403. The number of fused-ring (bicyclic) bond motifs is 1. The van der Waals surface area contributed by atoms with Gasteiger partial charge in [0.15, 0.2) is 0 Å². The predicted molar refractivity (Wildman–Crippen MR) is 105 cm³/mol. The van der Waals surface area contributed by atoms with Crippen LogP contribution < -0.4 is 4.90 Å². The Kier molecular flexibility index (Phi) is 3.99. The number of aromatic amines is 1. The van der Waals surface area contributed by atoms with Crippen molar-refractivity contribution in [2.24, 2.45) is 5.10 Å². The van der Waals surface area contributed by atoms with Gasteiger partial charge in [-0.3, -0.25) is 4.79 Å². The maximum Gasteiger partial charge on any atom is 0.240 e. The number of carbonyl (C=O) groups is 1. The monoisotopic (exact) mass is 346 g/mol. The molecule has 5 nitrogen and oxygen atoms in total. The third-order valence-electron chi connectivity index (χ3n) is 4.93. The first-order chi connectivity index (χ1) is 12.5. The molecule has 1 N–H and O–H groups in total. The van der Waals surface area contributed by atoms with Gasteiger partial charge in [-0.25, -0.2) is 5.01 Å². The summed E-state index contributed by atoms with van der Waals surface area (Å²) < 4.78 is 0. The van der Waals surface area contributed by atoms with E-state index in [1.807, 2.05) is 32.4 Å². The first-order valence-corrected chi connectivity index (χ1v) is 8.75. The van der Waals surface area contributed by atoms with Gasteiger partial charge in [0.1, 0.15) is 0 Å². The second kappa shape index (κ2) is 6.33. The average Bonchev–Trinajstić information content (AvgIpc) is 3.26. The molecule has 26 heavy (non-hydrogen) atoms. The zero-order chi connectivity index (χ0) is 18.3. The molecule has 0 saturated heterocycles. The normalized spacial score (nSPS) is 16.8. The number of hydrogen-bond acceptors (Lipinski definition) is 3. The molecular weight excluding hydrogens is 324 g/mol. The van der Waals surface area contributed by atoms with Gasteiger partial charge in [0, 0.05) is 55.8 Å². The van der Waals surface area contributed by atoms with Crippen LogP contribution in [0.1, 0.15) is 30.5 Å². The lowest BCUT2D eigenvalue weighted by Gasteiger charge is -2.21. The Morgan fingerprint density at radius 3 is 2.58 bits per heavy atom. The summed E-state index contributed by atoms with van der Waals surface area (Å²) >= 11 is 0. The molecular formula is C21H22N4O.